The van der Waals surface area contributed by atoms with Gasteiger partial charge in [0.15, 0.2) is 0 Å². The molecule has 10 heavy (non-hydrogen) atoms. The highest BCUT2D eigenvalue weighted by Gasteiger charge is 2.13. The zero-order valence-electron chi connectivity index (χ0n) is 5.67. The molecule has 3 nitrogen and oxygen atoms in total. The Bertz CT molecular complexity index is 182. The monoisotopic (exact) mass is 139 g/mol. The van der Waals surface area contributed by atoms with Gasteiger partial charge in [0.25, 0.3) is 0 Å². The van der Waals surface area contributed by atoms with Gasteiger partial charge in [0.1, 0.15) is 11.6 Å². The Kier molecular flexibility index (Phi) is 2.24. The minimum atomic E-state index is 0.501. The first kappa shape index (κ1) is 7.03. The maximum absolute atomic E-state index is 10.3. The number of hydrogen-bond donors (Lipinski definition) is 0. The van der Waals surface area contributed by atoms with Gasteiger partial charge in [0, 0.05) is 6.54 Å². The molecule has 1 fully saturated rings. The summed E-state index contributed by atoms with van der Waals surface area (Å²) < 4.78 is 0. The van der Waals surface area contributed by atoms with Gasteiger partial charge in [-0.2, -0.15) is 0 Å². The Morgan fingerprint density at radius 2 is 2.30 bits per heavy atom. The molecule has 1 rings (SSSR count). The van der Waals surface area contributed by atoms with Crippen LogP contribution in [0.3, 0.4) is 0 Å². The van der Waals surface area contributed by atoms with Crippen LogP contribution in [-0.4, -0.2) is 23.8 Å². The highest BCUT2D eigenvalue weighted by atomic mass is 16.1. The minimum Gasteiger partial charge on any atom is -0.309 e. The van der Waals surface area contributed by atoms with Crippen LogP contribution in [0.15, 0.2) is 5.70 Å². The van der Waals surface area contributed by atoms with Gasteiger partial charge in [-0.3, -0.25) is 4.79 Å². The number of hydrogen-bond acceptors (Lipinski definition) is 2. The van der Waals surface area contributed by atoms with Gasteiger partial charge in [-0.15, -0.1) is 0 Å². The topological polar surface area (TPSA) is 37.4 Å². The lowest BCUT2D eigenvalue weighted by Gasteiger charge is -2.22. The van der Waals surface area contributed by atoms with Crippen molar-refractivity contribution in [3.05, 3.63) is 5.70 Å². The second kappa shape index (κ2) is 3.18. The van der Waals surface area contributed by atoms with Gasteiger partial charge in [0.05, 0.1) is 0 Å². The van der Waals surface area contributed by atoms with E-state index in [9.17, 15) is 9.59 Å². The molecule has 1 aliphatic heterocycles. The molecule has 1 saturated heterocycles. The average molecular weight is 139 g/mol. The maximum atomic E-state index is 10.3. The second-order valence-corrected chi connectivity index (χ2v) is 2.30. The van der Waals surface area contributed by atoms with E-state index in [-0.39, 0.29) is 0 Å². The van der Waals surface area contributed by atoms with Crippen LogP contribution in [0, 0.1) is 0 Å². The summed E-state index contributed by atoms with van der Waals surface area (Å²) in [5.74, 6) is 1.77. The summed E-state index contributed by atoms with van der Waals surface area (Å²) in [6.45, 7) is 0.675. The van der Waals surface area contributed by atoms with E-state index in [0.29, 0.717) is 25.1 Å². The molecule has 0 spiro atoms. The maximum Gasteiger partial charge on any atom is 0.214 e. The molecular weight excluding hydrogens is 130 g/mol. The fraction of sp³-hybridized carbons (Fsp3) is 0.571. The molecular formula is C7H9NO2. The van der Waals surface area contributed by atoms with Crippen LogP contribution in [-0.2, 0) is 9.59 Å². The van der Waals surface area contributed by atoms with Gasteiger partial charge in [-0.25, -0.2) is 4.79 Å². The summed E-state index contributed by atoms with van der Waals surface area (Å²) in [5.41, 5.74) is 0.501. The number of amides is 1. The number of piperidine rings is 1. The van der Waals surface area contributed by atoms with Crippen molar-refractivity contribution in [1.29, 1.82) is 0 Å². The van der Waals surface area contributed by atoms with E-state index in [1.165, 1.54) is 4.90 Å². The fourth-order valence-corrected chi connectivity index (χ4v) is 1.08. The van der Waals surface area contributed by atoms with Crippen LogP contribution in [0.2, 0.25) is 0 Å². The Hall–Kier alpha value is -1.08. The molecule has 1 heterocycles. The van der Waals surface area contributed by atoms with E-state index >= 15 is 0 Å². The number of carbonyl (C=O) groups excluding carboxylic acids is 2. The third-order valence-electron chi connectivity index (χ3n) is 1.65. The summed E-state index contributed by atoms with van der Waals surface area (Å²) in [5, 5.41) is 0. The SMILES string of the molecule is O=C=C1CCCCN1C=O. The molecule has 0 N–H and O–H groups in total. The summed E-state index contributed by atoms with van der Waals surface area (Å²) in [6, 6.07) is 0. The van der Waals surface area contributed by atoms with Crippen molar-refractivity contribution in [1.82, 2.24) is 4.90 Å². The molecule has 54 valence electrons. The van der Waals surface area contributed by atoms with Crippen molar-refractivity contribution in [3.8, 4) is 0 Å². The Balaban J connectivity index is 2.68. The van der Waals surface area contributed by atoms with Crippen LogP contribution in [0.1, 0.15) is 19.3 Å². The van der Waals surface area contributed by atoms with E-state index in [0.717, 1.165) is 12.8 Å². The van der Waals surface area contributed by atoms with Crippen molar-refractivity contribution in [2.24, 2.45) is 0 Å². The standard InChI is InChI=1S/C7H9NO2/c9-5-7-3-1-2-4-8(7)6-10/h6H,1-4H2. The van der Waals surface area contributed by atoms with Crippen LogP contribution in [0.5, 0.6) is 0 Å². The van der Waals surface area contributed by atoms with Gasteiger partial charge in [-0.1, -0.05) is 0 Å². The minimum absolute atomic E-state index is 0.501. The van der Waals surface area contributed by atoms with Crippen molar-refractivity contribution in [2.75, 3.05) is 6.54 Å². The molecule has 0 aromatic rings. The molecule has 0 atom stereocenters. The van der Waals surface area contributed by atoms with E-state index in [1.807, 2.05) is 0 Å². The zero-order valence-corrected chi connectivity index (χ0v) is 5.67. The van der Waals surface area contributed by atoms with Crippen molar-refractivity contribution >= 4 is 12.4 Å². The summed E-state index contributed by atoms with van der Waals surface area (Å²) in [7, 11) is 0. The second-order valence-electron chi connectivity index (χ2n) is 2.30. The lowest BCUT2D eigenvalue weighted by molar-refractivity contribution is -0.117. The van der Waals surface area contributed by atoms with Crippen molar-refractivity contribution < 1.29 is 9.59 Å². The Morgan fingerprint density at radius 1 is 1.50 bits per heavy atom. The van der Waals surface area contributed by atoms with E-state index < -0.39 is 0 Å². The third-order valence-corrected chi connectivity index (χ3v) is 1.65. The summed E-state index contributed by atoms with van der Waals surface area (Å²) >= 11 is 0. The summed E-state index contributed by atoms with van der Waals surface area (Å²) in [6.07, 6.45) is 3.38. The molecule has 0 saturated carbocycles. The molecule has 0 aromatic carbocycles. The van der Waals surface area contributed by atoms with Gasteiger partial charge >= 0.3 is 0 Å². The lowest BCUT2D eigenvalue weighted by Crippen LogP contribution is -2.26. The highest BCUT2D eigenvalue weighted by molar-refractivity contribution is 5.61. The normalized spacial score (nSPS) is 18.4. The van der Waals surface area contributed by atoms with E-state index in [4.69, 9.17) is 0 Å². The predicted molar refractivity (Wildman–Crippen MR) is 35.8 cm³/mol. The van der Waals surface area contributed by atoms with Gasteiger partial charge < -0.3 is 4.90 Å². The van der Waals surface area contributed by atoms with Crippen LogP contribution in [0.4, 0.5) is 0 Å². The first-order valence-electron chi connectivity index (χ1n) is 3.34. The quantitative estimate of drug-likeness (QED) is 0.388. The smallest absolute Gasteiger partial charge is 0.214 e. The number of allylic oxidation sites excluding steroid dienone is 1. The first-order chi connectivity index (χ1) is 4.88. The molecule has 0 unspecified atom stereocenters. The third kappa shape index (κ3) is 1.25. The Morgan fingerprint density at radius 3 is 2.80 bits per heavy atom. The largest absolute Gasteiger partial charge is 0.309 e. The predicted octanol–water partition coefficient (Wildman–Crippen LogP) is 0.344. The molecule has 3 heteroatoms. The number of carbonyl (C=O) groups is 1. The Labute approximate surface area is 59.3 Å². The van der Waals surface area contributed by atoms with Crippen LogP contribution in [0.25, 0.3) is 0 Å². The fourth-order valence-electron chi connectivity index (χ4n) is 1.08. The first-order valence-corrected chi connectivity index (χ1v) is 3.34. The van der Waals surface area contributed by atoms with Crippen LogP contribution < -0.4 is 0 Å². The number of likely N-dealkylation sites (tertiary alicyclic amines) is 1. The van der Waals surface area contributed by atoms with Crippen LogP contribution >= 0.6 is 0 Å². The molecule has 0 aliphatic carbocycles. The molecule has 0 radical (unpaired) electrons. The number of rotatable bonds is 1. The van der Waals surface area contributed by atoms with E-state index in [2.05, 4.69) is 0 Å². The molecule has 0 aromatic heterocycles. The van der Waals surface area contributed by atoms with E-state index in [1.54, 1.807) is 5.94 Å². The van der Waals surface area contributed by atoms with Gasteiger partial charge in [-0.05, 0) is 19.3 Å². The van der Waals surface area contributed by atoms with Gasteiger partial charge in [0.2, 0.25) is 6.41 Å². The summed E-state index contributed by atoms with van der Waals surface area (Å²) in [4.78, 5) is 21.8. The molecule has 1 aliphatic rings. The zero-order chi connectivity index (χ0) is 7.40. The lowest BCUT2D eigenvalue weighted by atomic mass is 10.1. The molecule has 1 amide bonds. The number of nitrogens with zero attached hydrogens (tertiary/aromatic N) is 1. The van der Waals surface area contributed by atoms with Crippen molar-refractivity contribution in [2.45, 2.75) is 19.3 Å². The van der Waals surface area contributed by atoms with Crippen molar-refractivity contribution in [3.63, 3.8) is 0 Å². The average Bonchev–Trinajstić information content (AvgIpc) is 2.04. The molecule has 0 bridgehead atoms. The highest BCUT2D eigenvalue weighted by Crippen LogP contribution is 2.15.